The van der Waals surface area contributed by atoms with Gasteiger partial charge in [-0.15, -0.1) is 12.4 Å². The summed E-state index contributed by atoms with van der Waals surface area (Å²) in [4.78, 5) is 14.7. The molecule has 1 N–H and O–H groups in total. The monoisotopic (exact) mass is 300 g/mol. The van der Waals surface area contributed by atoms with E-state index in [-0.39, 0.29) is 12.4 Å². The highest BCUT2D eigenvalue weighted by molar-refractivity contribution is 5.85. The molecular weight excluding hydrogens is 272 g/mol. The van der Waals surface area contributed by atoms with Gasteiger partial charge in [0, 0.05) is 19.0 Å². The Labute approximate surface area is 129 Å². The van der Waals surface area contributed by atoms with Crippen LogP contribution in [0, 0.1) is 11.3 Å². The fourth-order valence-corrected chi connectivity index (χ4v) is 4.27. The number of carbonyl (C=O) groups excluding carboxylic acids is 1. The second-order valence-electron chi connectivity index (χ2n) is 6.91. The molecule has 3 fully saturated rings. The minimum absolute atomic E-state index is 0. The average molecular weight is 301 g/mol. The molecule has 0 radical (unpaired) electrons. The molecule has 0 aromatic carbocycles. The maximum absolute atomic E-state index is 12.5. The molecule has 20 heavy (non-hydrogen) atoms. The largest absolute Gasteiger partial charge is 0.342 e. The fourth-order valence-electron chi connectivity index (χ4n) is 4.27. The van der Waals surface area contributed by atoms with Crippen molar-refractivity contribution in [2.75, 3.05) is 26.2 Å². The van der Waals surface area contributed by atoms with Crippen molar-refractivity contribution < 1.29 is 4.79 Å². The Balaban J connectivity index is 0.00000147. The van der Waals surface area contributed by atoms with Gasteiger partial charge >= 0.3 is 0 Å². The van der Waals surface area contributed by atoms with Crippen molar-refractivity contribution in [3.8, 4) is 0 Å². The van der Waals surface area contributed by atoms with Gasteiger partial charge in [0.15, 0.2) is 0 Å². The zero-order chi connectivity index (χ0) is 13.1. The number of likely N-dealkylation sites (tertiary alicyclic amines) is 1. The lowest BCUT2D eigenvalue weighted by molar-refractivity contribution is -0.139. The third kappa shape index (κ3) is 3.48. The summed E-state index contributed by atoms with van der Waals surface area (Å²) in [7, 11) is 0. The molecule has 3 rings (SSSR count). The number of hydrogen-bond donors (Lipinski definition) is 1. The number of nitrogens with zero attached hydrogens (tertiary/aromatic N) is 1. The summed E-state index contributed by atoms with van der Waals surface area (Å²) >= 11 is 0. The zero-order valence-electron chi connectivity index (χ0n) is 12.5. The van der Waals surface area contributed by atoms with E-state index < -0.39 is 0 Å². The molecule has 0 bridgehead atoms. The second-order valence-corrected chi connectivity index (χ2v) is 6.91. The van der Waals surface area contributed by atoms with Gasteiger partial charge in [-0.05, 0) is 57.0 Å². The molecule has 116 valence electrons. The lowest BCUT2D eigenvalue weighted by Crippen LogP contribution is -2.48. The molecule has 3 aliphatic rings. The number of rotatable bonds is 1. The first-order valence-corrected chi connectivity index (χ1v) is 8.29. The van der Waals surface area contributed by atoms with Crippen LogP contribution in [0.1, 0.15) is 57.8 Å². The van der Waals surface area contributed by atoms with E-state index in [0.29, 0.717) is 17.2 Å². The third-order valence-corrected chi connectivity index (χ3v) is 5.75. The maximum atomic E-state index is 12.5. The highest BCUT2D eigenvalue weighted by Gasteiger charge is 2.37. The molecule has 1 spiro atoms. The number of hydrogen-bond acceptors (Lipinski definition) is 2. The van der Waals surface area contributed by atoms with Crippen LogP contribution in [0.15, 0.2) is 0 Å². The predicted octanol–water partition coefficient (Wildman–Crippen LogP) is 2.98. The van der Waals surface area contributed by atoms with Gasteiger partial charge in [0.25, 0.3) is 0 Å². The molecule has 2 heterocycles. The Morgan fingerprint density at radius 2 is 1.55 bits per heavy atom. The van der Waals surface area contributed by atoms with Gasteiger partial charge in [-0.3, -0.25) is 4.79 Å². The van der Waals surface area contributed by atoms with Crippen LogP contribution in [0.2, 0.25) is 0 Å². The van der Waals surface area contributed by atoms with Crippen LogP contribution < -0.4 is 5.32 Å². The standard InChI is InChI=1S/C16H28N2O.ClH/c19-15(14-4-2-1-3-5-14)18-12-8-16(9-13-18)6-10-17-11-7-16;/h14,17H,1-13H2;1H. The summed E-state index contributed by atoms with van der Waals surface area (Å²) in [6, 6.07) is 0. The number of nitrogens with one attached hydrogen (secondary N) is 1. The van der Waals surface area contributed by atoms with E-state index in [4.69, 9.17) is 0 Å². The molecule has 2 saturated heterocycles. The summed E-state index contributed by atoms with van der Waals surface area (Å²) in [5, 5.41) is 3.46. The van der Waals surface area contributed by atoms with Crippen molar-refractivity contribution in [3.05, 3.63) is 0 Å². The molecule has 4 heteroatoms. The van der Waals surface area contributed by atoms with Gasteiger partial charge in [0.1, 0.15) is 0 Å². The molecule has 1 amide bonds. The Hall–Kier alpha value is -0.280. The number of amides is 1. The molecule has 1 aliphatic carbocycles. The van der Waals surface area contributed by atoms with Gasteiger partial charge in [-0.1, -0.05) is 19.3 Å². The van der Waals surface area contributed by atoms with Gasteiger partial charge in [-0.2, -0.15) is 0 Å². The van der Waals surface area contributed by atoms with Crippen molar-refractivity contribution in [2.24, 2.45) is 11.3 Å². The topological polar surface area (TPSA) is 32.3 Å². The van der Waals surface area contributed by atoms with E-state index in [0.717, 1.165) is 25.9 Å². The maximum Gasteiger partial charge on any atom is 0.225 e. The number of carbonyl (C=O) groups is 1. The van der Waals surface area contributed by atoms with Crippen LogP contribution >= 0.6 is 12.4 Å². The van der Waals surface area contributed by atoms with Crippen LogP contribution in [0.4, 0.5) is 0 Å². The summed E-state index contributed by atoms with van der Waals surface area (Å²) in [5.41, 5.74) is 0.564. The normalized spacial score (nSPS) is 27.1. The minimum Gasteiger partial charge on any atom is -0.342 e. The first kappa shape index (κ1) is 16.1. The van der Waals surface area contributed by atoms with Crippen LogP contribution in [0.3, 0.4) is 0 Å². The third-order valence-electron chi connectivity index (χ3n) is 5.75. The molecule has 0 aromatic heterocycles. The van der Waals surface area contributed by atoms with Crippen molar-refractivity contribution >= 4 is 18.3 Å². The van der Waals surface area contributed by atoms with E-state index in [1.165, 1.54) is 58.0 Å². The lowest BCUT2D eigenvalue weighted by atomic mass is 9.71. The molecule has 0 atom stereocenters. The Morgan fingerprint density at radius 3 is 2.15 bits per heavy atom. The summed E-state index contributed by atoms with van der Waals surface area (Å²) < 4.78 is 0. The van der Waals surface area contributed by atoms with Gasteiger partial charge in [-0.25, -0.2) is 0 Å². The Bertz CT molecular complexity index is 312. The fraction of sp³-hybridized carbons (Fsp3) is 0.938. The lowest BCUT2D eigenvalue weighted by Gasteiger charge is -2.45. The molecular formula is C16H29ClN2O. The van der Waals surface area contributed by atoms with Crippen LogP contribution in [-0.4, -0.2) is 37.0 Å². The Kier molecular flexibility index (Phi) is 5.74. The molecule has 3 nitrogen and oxygen atoms in total. The quantitative estimate of drug-likeness (QED) is 0.807. The number of halogens is 1. The summed E-state index contributed by atoms with van der Waals surface area (Å²) in [6.45, 7) is 4.40. The molecule has 1 saturated carbocycles. The van der Waals surface area contributed by atoms with Crippen molar-refractivity contribution in [3.63, 3.8) is 0 Å². The number of piperidine rings is 2. The predicted molar refractivity (Wildman–Crippen MR) is 84.2 cm³/mol. The van der Waals surface area contributed by atoms with Gasteiger partial charge < -0.3 is 10.2 Å². The van der Waals surface area contributed by atoms with E-state index in [1.54, 1.807) is 0 Å². The molecule has 0 aromatic rings. The van der Waals surface area contributed by atoms with Crippen molar-refractivity contribution in [1.82, 2.24) is 10.2 Å². The first-order valence-electron chi connectivity index (χ1n) is 8.29. The van der Waals surface area contributed by atoms with E-state index in [2.05, 4.69) is 10.2 Å². The van der Waals surface area contributed by atoms with Gasteiger partial charge in [0.2, 0.25) is 5.91 Å². The van der Waals surface area contributed by atoms with E-state index >= 15 is 0 Å². The second kappa shape index (κ2) is 7.13. The highest BCUT2D eigenvalue weighted by Crippen LogP contribution is 2.40. The van der Waals surface area contributed by atoms with Crippen molar-refractivity contribution in [1.29, 1.82) is 0 Å². The van der Waals surface area contributed by atoms with Crippen LogP contribution in [0.25, 0.3) is 0 Å². The summed E-state index contributed by atoms with van der Waals surface area (Å²) in [6.07, 6.45) is 11.3. The highest BCUT2D eigenvalue weighted by atomic mass is 35.5. The van der Waals surface area contributed by atoms with Crippen LogP contribution in [-0.2, 0) is 4.79 Å². The minimum atomic E-state index is 0. The molecule has 2 aliphatic heterocycles. The van der Waals surface area contributed by atoms with Gasteiger partial charge in [0.05, 0.1) is 0 Å². The smallest absolute Gasteiger partial charge is 0.225 e. The van der Waals surface area contributed by atoms with E-state index in [9.17, 15) is 4.79 Å². The van der Waals surface area contributed by atoms with E-state index in [1.807, 2.05) is 0 Å². The average Bonchev–Trinajstić information content (AvgIpc) is 2.49. The zero-order valence-corrected chi connectivity index (χ0v) is 13.3. The first-order chi connectivity index (χ1) is 9.29. The SMILES string of the molecule is Cl.O=C(C1CCCCC1)N1CCC2(CCNCC2)CC1. The molecule has 0 unspecified atom stereocenters. The van der Waals surface area contributed by atoms with Crippen molar-refractivity contribution in [2.45, 2.75) is 57.8 Å². The summed E-state index contributed by atoms with van der Waals surface area (Å²) in [5.74, 6) is 0.833. The Morgan fingerprint density at radius 1 is 0.950 bits per heavy atom. The van der Waals surface area contributed by atoms with Crippen LogP contribution in [0.5, 0.6) is 0 Å².